The lowest BCUT2D eigenvalue weighted by atomic mass is 10.2. The molecule has 2 aromatic rings. The molecule has 1 aromatic heterocycles. The predicted molar refractivity (Wildman–Crippen MR) is 81.4 cm³/mol. The van der Waals surface area contributed by atoms with Crippen molar-refractivity contribution in [3.63, 3.8) is 0 Å². The number of hydrogen-bond donors (Lipinski definition) is 1. The SMILES string of the molecule is CNC1CCN(C(C)c2cc3cc(Br)ccc3o2)C1. The molecule has 1 fully saturated rings. The molecule has 1 saturated heterocycles. The fraction of sp³-hybridized carbons (Fsp3) is 0.467. The summed E-state index contributed by atoms with van der Waals surface area (Å²) in [5.74, 6) is 1.06. The molecule has 3 nitrogen and oxygen atoms in total. The zero-order valence-electron chi connectivity index (χ0n) is 11.3. The molecule has 4 heteroatoms. The molecule has 1 aliphatic heterocycles. The number of nitrogens with zero attached hydrogens (tertiary/aromatic N) is 1. The molecule has 0 radical (unpaired) electrons. The normalized spacial score (nSPS) is 22.2. The predicted octanol–water partition coefficient (Wildman–Crippen LogP) is 3.55. The summed E-state index contributed by atoms with van der Waals surface area (Å²) in [6, 6.07) is 9.27. The van der Waals surface area contributed by atoms with Crippen molar-refractivity contribution in [2.24, 2.45) is 0 Å². The van der Waals surface area contributed by atoms with Crippen molar-refractivity contribution >= 4 is 26.9 Å². The first kappa shape index (κ1) is 13.2. The molecular formula is C15H19BrN2O. The second-order valence-electron chi connectivity index (χ2n) is 5.28. The van der Waals surface area contributed by atoms with Gasteiger partial charge in [0.05, 0.1) is 6.04 Å². The molecule has 0 amide bonds. The molecule has 2 atom stereocenters. The van der Waals surface area contributed by atoms with Crippen molar-refractivity contribution in [1.82, 2.24) is 10.2 Å². The van der Waals surface area contributed by atoms with Gasteiger partial charge in [0, 0.05) is 29.0 Å². The summed E-state index contributed by atoms with van der Waals surface area (Å²) in [6.07, 6.45) is 1.21. The molecule has 1 N–H and O–H groups in total. The molecule has 2 heterocycles. The summed E-state index contributed by atoms with van der Waals surface area (Å²) < 4.78 is 7.08. The number of fused-ring (bicyclic) bond motifs is 1. The summed E-state index contributed by atoms with van der Waals surface area (Å²) in [6.45, 7) is 4.45. The van der Waals surface area contributed by atoms with Crippen LogP contribution in [0.15, 0.2) is 33.2 Å². The van der Waals surface area contributed by atoms with Gasteiger partial charge < -0.3 is 9.73 Å². The highest BCUT2D eigenvalue weighted by Gasteiger charge is 2.27. The van der Waals surface area contributed by atoms with Crippen molar-refractivity contribution in [1.29, 1.82) is 0 Å². The monoisotopic (exact) mass is 322 g/mol. The highest BCUT2D eigenvalue weighted by atomic mass is 79.9. The van der Waals surface area contributed by atoms with E-state index in [1.807, 2.05) is 19.2 Å². The highest BCUT2D eigenvalue weighted by Crippen LogP contribution is 2.30. The Kier molecular flexibility index (Phi) is 3.65. The van der Waals surface area contributed by atoms with Gasteiger partial charge in [-0.15, -0.1) is 0 Å². The van der Waals surface area contributed by atoms with Crippen molar-refractivity contribution in [3.8, 4) is 0 Å². The van der Waals surface area contributed by atoms with Crippen molar-refractivity contribution in [2.45, 2.75) is 25.4 Å². The first-order chi connectivity index (χ1) is 9.17. The average Bonchev–Trinajstić information content (AvgIpc) is 3.03. The van der Waals surface area contributed by atoms with Crippen molar-refractivity contribution in [3.05, 3.63) is 34.5 Å². The maximum atomic E-state index is 5.98. The number of benzene rings is 1. The number of likely N-dealkylation sites (N-methyl/N-ethyl adjacent to an activating group) is 1. The quantitative estimate of drug-likeness (QED) is 0.936. The van der Waals surface area contributed by atoms with E-state index in [1.165, 1.54) is 11.8 Å². The van der Waals surface area contributed by atoms with E-state index in [0.717, 1.165) is 28.9 Å². The van der Waals surface area contributed by atoms with Crippen LogP contribution in [-0.4, -0.2) is 31.1 Å². The number of halogens is 1. The number of nitrogens with one attached hydrogen (secondary N) is 1. The van der Waals surface area contributed by atoms with Crippen LogP contribution < -0.4 is 5.32 Å². The largest absolute Gasteiger partial charge is 0.459 e. The topological polar surface area (TPSA) is 28.4 Å². The maximum Gasteiger partial charge on any atom is 0.134 e. The van der Waals surface area contributed by atoms with Gasteiger partial charge in [-0.1, -0.05) is 15.9 Å². The smallest absolute Gasteiger partial charge is 0.134 e. The van der Waals surface area contributed by atoms with Gasteiger partial charge in [-0.3, -0.25) is 4.90 Å². The minimum absolute atomic E-state index is 0.338. The average molecular weight is 323 g/mol. The van der Waals surface area contributed by atoms with Gasteiger partial charge in [0.2, 0.25) is 0 Å². The van der Waals surface area contributed by atoms with Crippen LogP contribution in [0.2, 0.25) is 0 Å². The molecule has 102 valence electrons. The third-order valence-corrected chi connectivity index (χ3v) is 4.58. The molecule has 0 bridgehead atoms. The van der Waals surface area contributed by atoms with E-state index in [0.29, 0.717) is 12.1 Å². The molecule has 0 spiro atoms. The zero-order chi connectivity index (χ0) is 13.4. The van der Waals surface area contributed by atoms with Crippen LogP contribution in [0.3, 0.4) is 0 Å². The van der Waals surface area contributed by atoms with Gasteiger partial charge in [0.1, 0.15) is 11.3 Å². The second kappa shape index (κ2) is 5.27. The number of furan rings is 1. The second-order valence-corrected chi connectivity index (χ2v) is 6.19. The first-order valence-corrected chi connectivity index (χ1v) is 7.57. The Balaban J connectivity index is 1.83. The number of likely N-dealkylation sites (tertiary alicyclic amines) is 1. The molecule has 2 unspecified atom stereocenters. The number of rotatable bonds is 3. The van der Waals surface area contributed by atoms with Gasteiger partial charge in [-0.2, -0.15) is 0 Å². The van der Waals surface area contributed by atoms with Crippen molar-refractivity contribution in [2.75, 3.05) is 20.1 Å². The Bertz CT molecular complexity index is 581. The van der Waals surface area contributed by atoms with Gasteiger partial charge >= 0.3 is 0 Å². The molecule has 1 aliphatic rings. The fourth-order valence-electron chi connectivity index (χ4n) is 2.80. The summed E-state index contributed by atoms with van der Waals surface area (Å²) in [4.78, 5) is 2.48. The zero-order valence-corrected chi connectivity index (χ0v) is 12.9. The van der Waals surface area contributed by atoms with E-state index < -0.39 is 0 Å². The third kappa shape index (κ3) is 2.57. The van der Waals surface area contributed by atoms with E-state index in [9.17, 15) is 0 Å². The van der Waals surface area contributed by atoms with Gasteiger partial charge in [-0.25, -0.2) is 0 Å². The van der Waals surface area contributed by atoms with Crippen LogP contribution in [0, 0.1) is 0 Å². The Morgan fingerprint density at radius 1 is 1.42 bits per heavy atom. The molecule has 0 saturated carbocycles. The van der Waals surface area contributed by atoms with Crippen LogP contribution in [0.25, 0.3) is 11.0 Å². The van der Waals surface area contributed by atoms with E-state index in [1.54, 1.807) is 0 Å². The summed E-state index contributed by atoms with van der Waals surface area (Å²) >= 11 is 3.50. The highest BCUT2D eigenvalue weighted by molar-refractivity contribution is 9.10. The minimum Gasteiger partial charge on any atom is -0.459 e. The lowest BCUT2D eigenvalue weighted by Gasteiger charge is -2.22. The maximum absolute atomic E-state index is 5.98. The molecule has 19 heavy (non-hydrogen) atoms. The van der Waals surface area contributed by atoms with E-state index in [2.05, 4.69) is 45.2 Å². The summed E-state index contributed by atoms with van der Waals surface area (Å²) in [5.41, 5.74) is 0.967. The van der Waals surface area contributed by atoms with E-state index >= 15 is 0 Å². The standard InChI is InChI=1S/C15H19BrN2O/c1-10(18-6-5-13(9-18)17-2)15-8-11-7-12(16)3-4-14(11)19-15/h3-4,7-8,10,13,17H,5-6,9H2,1-2H3. The Labute approximate surface area is 122 Å². The van der Waals surface area contributed by atoms with Crippen LogP contribution in [0.4, 0.5) is 0 Å². The lowest BCUT2D eigenvalue weighted by Crippen LogP contribution is -2.30. The minimum atomic E-state index is 0.338. The molecule has 1 aromatic carbocycles. The Morgan fingerprint density at radius 3 is 3.00 bits per heavy atom. The Hall–Kier alpha value is -0.840. The van der Waals surface area contributed by atoms with Crippen LogP contribution in [-0.2, 0) is 0 Å². The van der Waals surface area contributed by atoms with Crippen LogP contribution in [0.1, 0.15) is 25.1 Å². The van der Waals surface area contributed by atoms with Gasteiger partial charge in [0.15, 0.2) is 0 Å². The van der Waals surface area contributed by atoms with Crippen LogP contribution >= 0.6 is 15.9 Å². The molecule has 0 aliphatic carbocycles. The number of hydrogen-bond acceptors (Lipinski definition) is 3. The lowest BCUT2D eigenvalue weighted by molar-refractivity contribution is 0.230. The van der Waals surface area contributed by atoms with E-state index in [4.69, 9.17) is 4.42 Å². The fourth-order valence-corrected chi connectivity index (χ4v) is 3.17. The molecular weight excluding hydrogens is 304 g/mol. The summed E-state index contributed by atoms with van der Waals surface area (Å²) in [7, 11) is 2.04. The Morgan fingerprint density at radius 2 is 2.26 bits per heavy atom. The summed E-state index contributed by atoms with van der Waals surface area (Å²) in [5, 5.41) is 4.52. The van der Waals surface area contributed by atoms with Gasteiger partial charge in [0.25, 0.3) is 0 Å². The van der Waals surface area contributed by atoms with Crippen molar-refractivity contribution < 1.29 is 4.42 Å². The first-order valence-electron chi connectivity index (χ1n) is 6.77. The van der Waals surface area contributed by atoms with E-state index in [-0.39, 0.29) is 0 Å². The third-order valence-electron chi connectivity index (χ3n) is 4.08. The van der Waals surface area contributed by atoms with Crippen LogP contribution in [0.5, 0.6) is 0 Å². The molecule has 3 rings (SSSR count). The van der Waals surface area contributed by atoms with Gasteiger partial charge in [-0.05, 0) is 44.7 Å².